The van der Waals surface area contributed by atoms with Crippen LogP contribution in [0.3, 0.4) is 0 Å². The summed E-state index contributed by atoms with van der Waals surface area (Å²) in [5.41, 5.74) is -0.150. The summed E-state index contributed by atoms with van der Waals surface area (Å²) in [6, 6.07) is -0.581. The Bertz CT molecular complexity index is 360. The zero-order valence-electron chi connectivity index (χ0n) is 10.3. The van der Waals surface area contributed by atoms with Crippen molar-refractivity contribution in [2.45, 2.75) is 39.7 Å². The monoisotopic (exact) mass is 239 g/mol. The van der Waals surface area contributed by atoms with Crippen molar-refractivity contribution in [3.63, 3.8) is 0 Å². The van der Waals surface area contributed by atoms with Crippen molar-refractivity contribution in [2.75, 3.05) is 0 Å². The van der Waals surface area contributed by atoms with E-state index in [2.05, 4.69) is 0 Å². The highest BCUT2D eigenvalue weighted by molar-refractivity contribution is 6.13. The van der Waals surface area contributed by atoms with E-state index in [-0.39, 0.29) is 11.8 Å². The van der Waals surface area contributed by atoms with E-state index in [1.807, 2.05) is 20.8 Å². The normalized spacial score (nSPS) is 17.7. The zero-order valence-corrected chi connectivity index (χ0v) is 10.3. The third-order valence-corrected chi connectivity index (χ3v) is 2.47. The SMILES string of the molecule is CC(C)(C)CC(CC(=O)O)N1C(=O)C=CC1=O. The Balaban J connectivity index is 2.86. The van der Waals surface area contributed by atoms with Crippen LogP contribution in [0.15, 0.2) is 12.2 Å². The van der Waals surface area contributed by atoms with Gasteiger partial charge in [0.15, 0.2) is 0 Å². The molecule has 2 amide bonds. The number of hydrogen-bond donors (Lipinski definition) is 1. The highest BCUT2D eigenvalue weighted by atomic mass is 16.4. The van der Waals surface area contributed by atoms with E-state index in [0.29, 0.717) is 6.42 Å². The first-order chi connectivity index (χ1) is 7.70. The third kappa shape index (κ3) is 3.69. The molecule has 0 saturated carbocycles. The fraction of sp³-hybridized carbons (Fsp3) is 0.583. The van der Waals surface area contributed by atoms with Crippen LogP contribution in [0, 0.1) is 5.41 Å². The molecule has 1 atom stereocenters. The summed E-state index contributed by atoms with van der Waals surface area (Å²) in [5, 5.41) is 8.84. The molecule has 0 bridgehead atoms. The number of carbonyl (C=O) groups excluding carboxylic acids is 2. The molecule has 17 heavy (non-hydrogen) atoms. The first-order valence-corrected chi connectivity index (χ1v) is 5.48. The van der Waals surface area contributed by atoms with E-state index in [1.54, 1.807) is 0 Å². The Morgan fingerprint density at radius 2 is 1.76 bits per heavy atom. The molecule has 0 aromatic carbocycles. The van der Waals surface area contributed by atoms with Gasteiger partial charge < -0.3 is 5.11 Å². The van der Waals surface area contributed by atoms with Crippen LogP contribution >= 0.6 is 0 Å². The molecule has 0 aromatic heterocycles. The zero-order chi connectivity index (χ0) is 13.2. The number of carboxylic acids is 1. The van der Waals surface area contributed by atoms with Gasteiger partial charge in [0.1, 0.15) is 0 Å². The first-order valence-electron chi connectivity index (χ1n) is 5.48. The number of carbonyl (C=O) groups is 3. The molecular weight excluding hydrogens is 222 g/mol. The third-order valence-electron chi connectivity index (χ3n) is 2.47. The van der Waals surface area contributed by atoms with Crippen molar-refractivity contribution >= 4 is 17.8 Å². The standard InChI is InChI=1S/C12H17NO4/c1-12(2,3)7-8(6-11(16)17)13-9(14)4-5-10(13)15/h4-5,8H,6-7H2,1-3H3,(H,16,17). The van der Waals surface area contributed by atoms with Gasteiger partial charge in [0.05, 0.1) is 12.5 Å². The number of carboxylic acid groups (broad SMARTS) is 1. The first kappa shape index (κ1) is 13.4. The van der Waals surface area contributed by atoms with Gasteiger partial charge in [-0.15, -0.1) is 0 Å². The molecule has 1 rings (SSSR count). The van der Waals surface area contributed by atoms with Gasteiger partial charge in [-0.1, -0.05) is 20.8 Å². The minimum atomic E-state index is -1.01. The summed E-state index contributed by atoms with van der Waals surface area (Å²) in [6.07, 6.45) is 2.62. The highest BCUT2D eigenvalue weighted by Gasteiger charge is 2.34. The van der Waals surface area contributed by atoms with Gasteiger partial charge in [-0.3, -0.25) is 19.3 Å². The number of hydrogen-bond acceptors (Lipinski definition) is 3. The van der Waals surface area contributed by atoms with E-state index < -0.39 is 23.8 Å². The van der Waals surface area contributed by atoms with Crippen molar-refractivity contribution in [1.82, 2.24) is 4.90 Å². The summed E-state index contributed by atoms with van der Waals surface area (Å²) >= 11 is 0. The second-order valence-electron chi connectivity index (χ2n) is 5.40. The number of nitrogens with zero attached hydrogens (tertiary/aromatic N) is 1. The largest absolute Gasteiger partial charge is 0.481 e. The Labute approximate surface area is 100 Å². The summed E-state index contributed by atoms with van der Waals surface area (Å²) < 4.78 is 0. The molecule has 0 saturated heterocycles. The molecule has 0 spiro atoms. The number of aliphatic carboxylic acids is 1. The predicted molar refractivity (Wildman–Crippen MR) is 61.1 cm³/mol. The van der Waals surface area contributed by atoms with Crippen molar-refractivity contribution in [3.8, 4) is 0 Å². The van der Waals surface area contributed by atoms with Crippen molar-refractivity contribution in [3.05, 3.63) is 12.2 Å². The highest BCUT2D eigenvalue weighted by Crippen LogP contribution is 2.27. The molecule has 0 fully saturated rings. The van der Waals surface area contributed by atoms with Crippen LogP contribution in [0.25, 0.3) is 0 Å². The maximum atomic E-state index is 11.5. The van der Waals surface area contributed by atoms with Crippen LogP contribution in [-0.2, 0) is 14.4 Å². The molecule has 1 unspecified atom stereocenters. The Morgan fingerprint density at radius 3 is 2.12 bits per heavy atom. The molecule has 94 valence electrons. The minimum Gasteiger partial charge on any atom is -0.481 e. The lowest BCUT2D eigenvalue weighted by Crippen LogP contribution is -2.43. The van der Waals surface area contributed by atoms with Gasteiger partial charge in [-0.25, -0.2) is 0 Å². The minimum absolute atomic E-state index is 0.150. The molecule has 5 nitrogen and oxygen atoms in total. The van der Waals surface area contributed by atoms with Gasteiger partial charge in [-0.2, -0.15) is 0 Å². The van der Waals surface area contributed by atoms with Crippen molar-refractivity contribution < 1.29 is 19.5 Å². The summed E-state index contributed by atoms with van der Waals surface area (Å²) in [7, 11) is 0. The molecule has 0 aliphatic carbocycles. The van der Waals surface area contributed by atoms with Crippen LogP contribution in [0.2, 0.25) is 0 Å². The van der Waals surface area contributed by atoms with E-state index in [9.17, 15) is 14.4 Å². The van der Waals surface area contributed by atoms with Crippen molar-refractivity contribution in [2.24, 2.45) is 5.41 Å². The van der Waals surface area contributed by atoms with E-state index in [0.717, 1.165) is 4.90 Å². The second-order valence-corrected chi connectivity index (χ2v) is 5.40. The summed E-state index contributed by atoms with van der Waals surface area (Å²) in [4.78, 5) is 34.9. The average Bonchev–Trinajstić information content (AvgIpc) is 2.41. The van der Waals surface area contributed by atoms with Gasteiger partial charge >= 0.3 is 5.97 Å². The molecule has 1 heterocycles. The van der Waals surface area contributed by atoms with E-state index >= 15 is 0 Å². The smallest absolute Gasteiger partial charge is 0.305 e. The predicted octanol–water partition coefficient (Wildman–Crippen LogP) is 1.19. The fourth-order valence-corrected chi connectivity index (χ4v) is 1.93. The van der Waals surface area contributed by atoms with E-state index in [1.165, 1.54) is 12.2 Å². The molecule has 1 N–H and O–H groups in total. The molecule has 1 aliphatic heterocycles. The Morgan fingerprint density at radius 1 is 1.29 bits per heavy atom. The van der Waals surface area contributed by atoms with Gasteiger partial charge in [0, 0.05) is 12.2 Å². The lowest BCUT2D eigenvalue weighted by Gasteiger charge is -2.30. The second kappa shape index (κ2) is 4.69. The number of rotatable bonds is 4. The maximum absolute atomic E-state index is 11.5. The quantitative estimate of drug-likeness (QED) is 0.748. The van der Waals surface area contributed by atoms with Gasteiger partial charge in [0.2, 0.25) is 0 Å². The van der Waals surface area contributed by atoms with Crippen LogP contribution in [-0.4, -0.2) is 33.8 Å². The fourth-order valence-electron chi connectivity index (χ4n) is 1.93. The molecular formula is C12H17NO4. The van der Waals surface area contributed by atoms with Gasteiger partial charge in [-0.05, 0) is 11.8 Å². The lowest BCUT2D eigenvalue weighted by molar-refractivity contribution is -0.144. The van der Waals surface area contributed by atoms with Crippen LogP contribution in [0.5, 0.6) is 0 Å². The molecule has 5 heteroatoms. The van der Waals surface area contributed by atoms with Gasteiger partial charge in [0.25, 0.3) is 11.8 Å². The molecule has 0 aromatic rings. The Kier molecular flexibility index (Phi) is 3.70. The molecule has 1 aliphatic rings. The lowest BCUT2D eigenvalue weighted by atomic mass is 9.86. The van der Waals surface area contributed by atoms with E-state index in [4.69, 9.17) is 5.11 Å². The Hall–Kier alpha value is -1.65. The molecule has 0 radical (unpaired) electrons. The summed E-state index contributed by atoms with van der Waals surface area (Å²) in [6.45, 7) is 5.83. The number of imide groups is 1. The summed E-state index contributed by atoms with van der Waals surface area (Å²) in [5.74, 6) is -1.86. The number of amides is 2. The van der Waals surface area contributed by atoms with Crippen LogP contribution in [0.4, 0.5) is 0 Å². The topological polar surface area (TPSA) is 74.7 Å². The van der Waals surface area contributed by atoms with Crippen LogP contribution in [0.1, 0.15) is 33.6 Å². The van der Waals surface area contributed by atoms with Crippen LogP contribution < -0.4 is 0 Å². The van der Waals surface area contributed by atoms with Crippen molar-refractivity contribution in [1.29, 1.82) is 0 Å². The average molecular weight is 239 g/mol. The maximum Gasteiger partial charge on any atom is 0.305 e.